The second kappa shape index (κ2) is 8.22. The van der Waals surface area contributed by atoms with Crippen molar-refractivity contribution < 1.29 is 9.90 Å². The molecular weight excluding hydrogens is 276 g/mol. The summed E-state index contributed by atoms with van der Waals surface area (Å²) in [4.78, 5) is 18.5. The summed E-state index contributed by atoms with van der Waals surface area (Å²) in [5, 5.41) is 9.29. The minimum absolute atomic E-state index is 0.0601. The lowest BCUT2D eigenvalue weighted by molar-refractivity contribution is 0.0693. The van der Waals surface area contributed by atoms with Crippen molar-refractivity contribution in [3.05, 3.63) is 28.5 Å². The molecule has 1 amide bonds. The van der Waals surface area contributed by atoms with E-state index in [9.17, 15) is 4.79 Å². The fourth-order valence-corrected chi connectivity index (χ4v) is 2.29. The molecule has 1 heterocycles. The van der Waals surface area contributed by atoms with E-state index in [1.807, 2.05) is 19.9 Å². The van der Waals surface area contributed by atoms with Crippen LogP contribution in [-0.2, 0) is 6.42 Å². The van der Waals surface area contributed by atoms with E-state index in [0.717, 1.165) is 18.5 Å². The molecule has 0 aliphatic heterocycles. The maximum Gasteiger partial charge on any atom is 0.254 e. The average Bonchev–Trinajstić information content (AvgIpc) is 2.38. The van der Waals surface area contributed by atoms with Crippen LogP contribution in [0, 0.1) is 0 Å². The SMILES string of the molecule is CCCc1cc(C(=O)N(CCCO)C(C)C)cc(Cl)n1. The van der Waals surface area contributed by atoms with Crippen molar-refractivity contribution in [2.45, 2.75) is 46.1 Å². The Morgan fingerprint density at radius 2 is 2.15 bits per heavy atom. The molecule has 0 saturated heterocycles. The van der Waals surface area contributed by atoms with Gasteiger partial charge in [0.05, 0.1) is 0 Å². The van der Waals surface area contributed by atoms with Gasteiger partial charge in [0.1, 0.15) is 5.15 Å². The van der Waals surface area contributed by atoms with Crippen LogP contribution in [0.25, 0.3) is 0 Å². The van der Waals surface area contributed by atoms with Crippen LogP contribution in [0.1, 0.15) is 49.7 Å². The molecule has 0 aromatic carbocycles. The molecule has 20 heavy (non-hydrogen) atoms. The van der Waals surface area contributed by atoms with E-state index in [1.165, 1.54) is 0 Å². The summed E-state index contributed by atoms with van der Waals surface area (Å²) < 4.78 is 0. The maximum absolute atomic E-state index is 12.6. The predicted octanol–water partition coefficient (Wildman–Crippen LogP) is 2.92. The number of rotatable bonds is 7. The highest BCUT2D eigenvalue weighted by molar-refractivity contribution is 6.29. The first-order valence-corrected chi connectivity index (χ1v) is 7.45. The van der Waals surface area contributed by atoms with Crippen LogP contribution in [0.15, 0.2) is 12.1 Å². The summed E-state index contributed by atoms with van der Waals surface area (Å²) in [6.45, 7) is 6.60. The lowest BCUT2D eigenvalue weighted by Crippen LogP contribution is -2.38. The molecule has 0 bridgehead atoms. The number of hydrogen-bond donors (Lipinski definition) is 1. The van der Waals surface area contributed by atoms with E-state index >= 15 is 0 Å². The van der Waals surface area contributed by atoms with Gasteiger partial charge in [-0.2, -0.15) is 0 Å². The van der Waals surface area contributed by atoms with Gasteiger partial charge in [0.25, 0.3) is 5.91 Å². The van der Waals surface area contributed by atoms with E-state index < -0.39 is 0 Å². The van der Waals surface area contributed by atoms with E-state index in [0.29, 0.717) is 23.7 Å². The minimum atomic E-state index is -0.0601. The van der Waals surface area contributed by atoms with Crippen LogP contribution in [-0.4, -0.2) is 40.1 Å². The van der Waals surface area contributed by atoms with Gasteiger partial charge in [0.15, 0.2) is 0 Å². The number of carbonyl (C=O) groups is 1. The Hall–Kier alpha value is -1.13. The Balaban J connectivity index is 2.98. The van der Waals surface area contributed by atoms with Crippen LogP contribution in [0.5, 0.6) is 0 Å². The molecule has 1 N–H and O–H groups in total. The fraction of sp³-hybridized carbons (Fsp3) is 0.600. The van der Waals surface area contributed by atoms with E-state index in [4.69, 9.17) is 16.7 Å². The monoisotopic (exact) mass is 298 g/mol. The molecule has 0 spiro atoms. The normalized spacial score (nSPS) is 10.9. The molecule has 0 radical (unpaired) electrons. The van der Waals surface area contributed by atoms with Crippen LogP contribution in [0.2, 0.25) is 5.15 Å². The number of aliphatic hydroxyl groups is 1. The zero-order chi connectivity index (χ0) is 15.1. The molecule has 1 aromatic heterocycles. The van der Waals surface area contributed by atoms with Gasteiger partial charge in [-0.25, -0.2) is 4.98 Å². The molecule has 0 aliphatic carbocycles. The number of hydrogen-bond acceptors (Lipinski definition) is 3. The zero-order valence-electron chi connectivity index (χ0n) is 12.4. The average molecular weight is 299 g/mol. The number of halogens is 1. The fourth-order valence-electron chi connectivity index (χ4n) is 2.06. The van der Waals surface area contributed by atoms with Crippen LogP contribution >= 0.6 is 11.6 Å². The first kappa shape index (κ1) is 16.9. The number of pyridine rings is 1. The molecule has 4 nitrogen and oxygen atoms in total. The van der Waals surface area contributed by atoms with Gasteiger partial charge in [-0.05, 0) is 38.8 Å². The molecule has 0 aliphatic rings. The summed E-state index contributed by atoms with van der Waals surface area (Å²) in [5.74, 6) is -0.0601. The van der Waals surface area contributed by atoms with Gasteiger partial charge in [-0.15, -0.1) is 0 Å². The van der Waals surface area contributed by atoms with Gasteiger partial charge in [0, 0.05) is 30.5 Å². The second-order valence-electron chi connectivity index (χ2n) is 5.09. The van der Waals surface area contributed by atoms with Crippen molar-refractivity contribution in [2.75, 3.05) is 13.2 Å². The summed E-state index contributed by atoms with van der Waals surface area (Å²) in [5.41, 5.74) is 1.41. The topological polar surface area (TPSA) is 53.4 Å². The van der Waals surface area contributed by atoms with Crippen molar-refractivity contribution in [3.8, 4) is 0 Å². The van der Waals surface area contributed by atoms with Crippen molar-refractivity contribution >= 4 is 17.5 Å². The Morgan fingerprint density at radius 1 is 1.45 bits per heavy atom. The number of amides is 1. The highest BCUT2D eigenvalue weighted by atomic mass is 35.5. The second-order valence-corrected chi connectivity index (χ2v) is 5.48. The Bertz CT molecular complexity index is 449. The van der Waals surface area contributed by atoms with Crippen molar-refractivity contribution in [1.82, 2.24) is 9.88 Å². The van der Waals surface area contributed by atoms with Gasteiger partial charge in [-0.1, -0.05) is 24.9 Å². The minimum Gasteiger partial charge on any atom is -0.396 e. The Morgan fingerprint density at radius 3 is 2.70 bits per heavy atom. The van der Waals surface area contributed by atoms with E-state index in [2.05, 4.69) is 11.9 Å². The lowest BCUT2D eigenvalue weighted by Gasteiger charge is -2.26. The van der Waals surface area contributed by atoms with Gasteiger partial charge >= 0.3 is 0 Å². The Kier molecular flexibility index (Phi) is 6.96. The molecule has 5 heteroatoms. The van der Waals surface area contributed by atoms with E-state index in [1.54, 1.807) is 11.0 Å². The highest BCUT2D eigenvalue weighted by Crippen LogP contribution is 2.16. The summed E-state index contributed by atoms with van der Waals surface area (Å²) in [6.07, 6.45) is 2.34. The predicted molar refractivity (Wildman–Crippen MR) is 81.1 cm³/mol. The summed E-state index contributed by atoms with van der Waals surface area (Å²) in [7, 11) is 0. The third kappa shape index (κ3) is 4.76. The Labute approximate surface area is 125 Å². The first-order valence-electron chi connectivity index (χ1n) is 7.07. The van der Waals surface area contributed by atoms with Gasteiger partial charge in [0.2, 0.25) is 0 Å². The van der Waals surface area contributed by atoms with Crippen LogP contribution in [0.3, 0.4) is 0 Å². The lowest BCUT2D eigenvalue weighted by atomic mass is 10.1. The maximum atomic E-state index is 12.6. The third-order valence-electron chi connectivity index (χ3n) is 3.04. The van der Waals surface area contributed by atoms with Crippen LogP contribution in [0.4, 0.5) is 0 Å². The molecule has 1 aromatic rings. The standard InChI is InChI=1S/C15H23ClN2O2/c1-4-6-13-9-12(10-14(16)17-13)15(20)18(11(2)3)7-5-8-19/h9-11,19H,4-8H2,1-3H3. The molecule has 112 valence electrons. The molecule has 0 fully saturated rings. The number of aliphatic hydroxyl groups excluding tert-OH is 1. The van der Waals surface area contributed by atoms with Crippen molar-refractivity contribution in [1.29, 1.82) is 0 Å². The largest absolute Gasteiger partial charge is 0.396 e. The van der Waals surface area contributed by atoms with E-state index in [-0.39, 0.29) is 18.6 Å². The number of aryl methyl sites for hydroxylation is 1. The van der Waals surface area contributed by atoms with Crippen molar-refractivity contribution in [3.63, 3.8) is 0 Å². The van der Waals surface area contributed by atoms with Crippen molar-refractivity contribution in [2.24, 2.45) is 0 Å². The van der Waals surface area contributed by atoms with Crippen LogP contribution < -0.4 is 0 Å². The molecule has 0 atom stereocenters. The molecule has 0 saturated carbocycles. The first-order chi connectivity index (χ1) is 9.49. The molecular formula is C15H23ClN2O2. The zero-order valence-corrected chi connectivity index (χ0v) is 13.2. The molecule has 1 rings (SSSR count). The number of aromatic nitrogens is 1. The smallest absolute Gasteiger partial charge is 0.254 e. The third-order valence-corrected chi connectivity index (χ3v) is 3.24. The number of carbonyl (C=O) groups excluding carboxylic acids is 1. The van der Waals surface area contributed by atoms with Gasteiger partial charge in [-0.3, -0.25) is 4.79 Å². The summed E-state index contributed by atoms with van der Waals surface area (Å²) >= 11 is 6.00. The highest BCUT2D eigenvalue weighted by Gasteiger charge is 2.19. The summed E-state index contributed by atoms with van der Waals surface area (Å²) in [6, 6.07) is 3.50. The quantitative estimate of drug-likeness (QED) is 0.788. The number of nitrogens with zero attached hydrogens (tertiary/aromatic N) is 2. The molecule has 0 unspecified atom stereocenters. The van der Waals surface area contributed by atoms with Gasteiger partial charge < -0.3 is 10.0 Å².